The lowest BCUT2D eigenvalue weighted by Gasteiger charge is -2.09. The summed E-state index contributed by atoms with van der Waals surface area (Å²) in [6.07, 6.45) is 0. The second-order valence-corrected chi connectivity index (χ2v) is 5.06. The van der Waals surface area contributed by atoms with Crippen molar-refractivity contribution < 1.29 is 0 Å². The van der Waals surface area contributed by atoms with E-state index in [9.17, 15) is 0 Å². The number of fused-ring (bicyclic) bond motifs is 1. The Balaban J connectivity index is 1.96. The highest BCUT2D eigenvalue weighted by Crippen LogP contribution is 2.23. The Morgan fingerprint density at radius 1 is 0.632 bits per heavy atom. The molecule has 1 heteroatoms. The zero-order valence-corrected chi connectivity index (χ0v) is 11.3. The Kier molecular flexibility index (Phi) is 2.96. The van der Waals surface area contributed by atoms with Crippen LogP contribution >= 0.6 is 0 Å². The summed E-state index contributed by atoms with van der Waals surface area (Å²) in [5, 5.41) is 6.01. The van der Waals surface area contributed by atoms with Crippen molar-refractivity contribution in [1.29, 1.82) is 0 Å². The molecule has 0 aliphatic heterocycles. The molecule has 0 aliphatic rings. The van der Waals surface area contributed by atoms with Crippen LogP contribution in [0.15, 0.2) is 60.7 Å². The van der Waals surface area contributed by atoms with E-state index in [1.807, 2.05) is 0 Å². The normalized spacial score (nSPS) is 10.6. The summed E-state index contributed by atoms with van der Waals surface area (Å²) >= 11 is 0. The third kappa shape index (κ3) is 2.60. The Labute approximate surface area is 113 Å². The van der Waals surface area contributed by atoms with Crippen molar-refractivity contribution in [3.05, 3.63) is 71.8 Å². The van der Waals surface area contributed by atoms with Crippen molar-refractivity contribution in [2.45, 2.75) is 13.8 Å². The van der Waals surface area contributed by atoms with E-state index in [1.54, 1.807) is 0 Å². The van der Waals surface area contributed by atoms with Crippen LogP contribution in [0.5, 0.6) is 0 Å². The van der Waals surface area contributed by atoms with Crippen LogP contribution in [0.3, 0.4) is 0 Å². The van der Waals surface area contributed by atoms with Crippen LogP contribution in [0.4, 0.5) is 11.4 Å². The van der Waals surface area contributed by atoms with Gasteiger partial charge < -0.3 is 5.32 Å². The number of nitrogens with one attached hydrogen (secondary N) is 1. The summed E-state index contributed by atoms with van der Waals surface area (Å²) < 4.78 is 0. The maximum Gasteiger partial charge on any atom is 0.0390 e. The third-order valence-corrected chi connectivity index (χ3v) is 3.26. The van der Waals surface area contributed by atoms with Crippen molar-refractivity contribution in [1.82, 2.24) is 0 Å². The fourth-order valence-corrected chi connectivity index (χ4v) is 2.48. The Hall–Kier alpha value is -2.28. The minimum absolute atomic E-state index is 1.13. The smallest absolute Gasteiger partial charge is 0.0390 e. The van der Waals surface area contributed by atoms with Gasteiger partial charge in [0.15, 0.2) is 0 Å². The maximum absolute atomic E-state index is 3.48. The zero-order valence-electron chi connectivity index (χ0n) is 11.3. The molecule has 0 fully saturated rings. The van der Waals surface area contributed by atoms with E-state index < -0.39 is 0 Å². The summed E-state index contributed by atoms with van der Waals surface area (Å²) in [6.45, 7) is 4.25. The maximum atomic E-state index is 3.48. The molecule has 1 nitrogen and oxygen atoms in total. The average molecular weight is 247 g/mol. The van der Waals surface area contributed by atoms with E-state index in [2.05, 4.69) is 79.8 Å². The van der Waals surface area contributed by atoms with E-state index in [1.165, 1.54) is 21.9 Å². The summed E-state index contributed by atoms with van der Waals surface area (Å²) in [5.41, 5.74) is 4.84. The Morgan fingerprint density at radius 3 is 2.05 bits per heavy atom. The lowest BCUT2D eigenvalue weighted by Crippen LogP contribution is -1.91. The molecule has 0 aromatic heterocycles. The third-order valence-electron chi connectivity index (χ3n) is 3.26. The second kappa shape index (κ2) is 4.77. The van der Waals surface area contributed by atoms with Crippen LogP contribution < -0.4 is 5.32 Å². The number of rotatable bonds is 2. The molecule has 3 rings (SSSR count). The first kappa shape index (κ1) is 11.8. The summed E-state index contributed by atoms with van der Waals surface area (Å²) in [5.74, 6) is 0. The average Bonchev–Trinajstić information content (AvgIpc) is 2.37. The fourth-order valence-electron chi connectivity index (χ4n) is 2.48. The van der Waals surface area contributed by atoms with E-state index in [-0.39, 0.29) is 0 Å². The van der Waals surface area contributed by atoms with Gasteiger partial charge in [0.25, 0.3) is 0 Å². The van der Waals surface area contributed by atoms with E-state index >= 15 is 0 Å². The zero-order chi connectivity index (χ0) is 13.2. The van der Waals surface area contributed by atoms with E-state index in [0.29, 0.717) is 0 Å². The van der Waals surface area contributed by atoms with Crippen LogP contribution in [0.2, 0.25) is 0 Å². The van der Waals surface area contributed by atoms with Crippen molar-refractivity contribution in [3.8, 4) is 0 Å². The molecule has 1 N–H and O–H groups in total. The molecule has 0 amide bonds. The van der Waals surface area contributed by atoms with Crippen LogP contribution in [-0.4, -0.2) is 0 Å². The van der Waals surface area contributed by atoms with Crippen LogP contribution in [-0.2, 0) is 0 Å². The van der Waals surface area contributed by atoms with E-state index in [4.69, 9.17) is 0 Å². The summed E-state index contributed by atoms with van der Waals surface area (Å²) in [7, 11) is 0. The highest BCUT2D eigenvalue weighted by atomic mass is 14.9. The van der Waals surface area contributed by atoms with Gasteiger partial charge in [-0.15, -0.1) is 0 Å². The van der Waals surface area contributed by atoms with Crippen LogP contribution in [0.25, 0.3) is 10.8 Å². The van der Waals surface area contributed by atoms with Gasteiger partial charge in [0.2, 0.25) is 0 Å². The highest BCUT2D eigenvalue weighted by Gasteiger charge is 1.99. The summed E-state index contributed by atoms with van der Waals surface area (Å²) in [4.78, 5) is 0. The van der Waals surface area contributed by atoms with Gasteiger partial charge in [0.05, 0.1) is 0 Å². The van der Waals surface area contributed by atoms with Gasteiger partial charge in [-0.1, -0.05) is 36.4 Å². The molecule has 0 unspecified atom stereocenters. The number of hydrogen-bond acceptors (Lipinski definition) is 1. The predicted octanol–water partition coefficient (Wildman–Crippen LogP) is 5.20. The van der Waals surface area contributed by atoms with E-state index in [0.717, 1.165) is 11.4 Å². The highest BCUT2D eigenvalue weighted by molar-refractivity contribution is 5.86. The summed E-state index contributed by atoms with van der Waals surface area (Å²) in [6, 6.07) is 21.4. The van der Waals surface area contributed by atoms with Crippen molar-refractivity contribution in [2.24, 2.45) is 0 Å². The van der Waals surface area contributed by atoms with Crippen molar-refractivity contribution in [3.63, 3.8) is 0 Å². The first-order chi connectivity index (χ1) is 9.20. The van der Waals surface area contributed by atoms with Gasteiger partial charge in [-0.05, 0) is 60.0 Å². The molecule has 0 saturated heterocycles. The molecule has 0 heterocycles. The quantitative estimate of drug-likeness (QED) is 0.656. The van der Waals surface area contributed by atoms with Gasteiger partial charge in [-0.25, -0.2) is 0 Å². The van der Waals surface area contributed by atoms with Gasteiger partial charge in [0.1, 0.15) is 0 Å². The first-order valence-corrected chi connectivity index (χ1v) is 6.55. The van der Waals surface area contributed by atoms with Gasteiger partial charge >= 0.3 is 0 Å². The van der Waals surface area contributed by atoms with Gasteiger partial charge in [-0.3, -0.25) is 0 Å². The minimum atomic E-state index is 1.13. The van der Waals surface area contributed by atoms with Crippen LogP contribution in [0, 0.1) is 13.8 Å². The molecule has 3 aromatic carbocycles. The molecule has 3 aromatic rings. The standard InChI is InChI=1S/C18H17N/c1-13-9-14(2)11-18(10-13)19-17-8-7-15-5-3-4-6-16(15)12-17/h3-12,19H,1-2H3. The topological polar surface area (TPSA) is 12.0 Å². The number of anilines is 2. The van der Waals surface area contributed by atoms with Gasteiger partial charge in [-0.2, -0.15) is 0 Å². The molecule has 0 aliphatic carbocycles. The first-order valence-electron chi connectivity index (χ1n) is 6.55. The van der Waals surface area contributed by atoms with Gasteiger partial charge in [0, 0.05) is 11.4 Å². The molecule has 0 bridgehead atoms. The predicted molar refractivity (Wildman–Crippen MR) is 83.1 cm³/mol. The Bertz CT molecular complexity index is 708. The molecule has 19 heavy (non-hydrogen) atoms. The largest absolute Gasteiger partial charge is 0.355 e. The minimum Gasteiger partial charge on any atom is -0.355 e. The van der Waals surface area contributed by atoms with Crippen LogP contribution in [0.1, 0.15) is 11.1 Å². The molecule has 0 spiro atoms. The lowest BCUT2D eigenvalue weighted by molar-refractivity contribution is 1.37. The lowest BCUT2D eigenvalue weighted by atomic mass is 10.1. The molecule has 94 valence electrons. The molecule has 0 atom stereocenters. The number of benzene rings is 3. The Morgan fingerprint density at radius 2 is 1.32 bits per heavy atom. The molecular formula is C18H17N. The monoisotopic (exact) mass is 247 g/mol. The molecule has 0 saturated carbocycles. The second-order valence-electron chi connectivity index (χ2n) is 5.06. The SMILES string of the molecule is Cc1cc(C)cc(Nc2ccc3ccccc3c2)c1. The fraction of sp³-hybridized carbons (Fsp3) is 0.111. The van der Waals surface area contributed by atoms with Crippen molar-refractivity contribution in [2.75, 3.05) is 5.32 Å². The van der Waals surface area contributed by atoms with Crippen molar-refractivity contribution >= 4 is 22.1 Å². The molecular weight excluding hydrogens is 230 g/mol. The number of aryl methyl sites for hydroxylation is 2. The molecule has 0 radical (unpaired) electrons. The number of hydrogen-bond donors (Lipinski definition) is 1.